The second kappa shape index (κ2) is 13.9. The smallest absolute Gasteiger partial charge is 0.339 e. The van der Waals surface area contributed by atoms with E-state index in [9.17, 15) is 9.90 Å². The summed E-state index contributed by atoms with van der Waals surface area (Å²) in [4.78, 5) is 11.6. The second-order valence-electron chi connectivity index (χ2n) is 8.72. The highest BCUT2D eigenvalue weighted by Crippen LogP contribution is 2.26. The van der Waals surface area contributed by atoms with Gasteiger partial charge in [0.15, 0.2) is 0 Å². The van der Waals surface area contributed by atoms with Gasteiger partial charge in [0.1, 0.15) is 23.9 Å². The van der Waals surface area contributed by atoms with Crippen LogP contribution < -0.4 is 9.47 Å². The maximum absolute atomic E-state index is 11.6. The van der Waals surface area contributed by atoms with Crippen LogP contribution in [0.3, 0.4) is 0 Å². The zero-order valence-corrected chi connectivity index (χ0v) is 20.8. The van der Waals surface area contributed by atoms with E-state index in [0.29, 0.717) is 38.1 Å². The summed E-state index contributed by atoms with van der Waals surface area (Å²) in [5.41, 5.74) is 2.07. The van der Waals surface area contributed by atoms with Crippen molar-refractivity contribution in [2.45, 2.75) is 51.4 Å². The Labute approximate surface area is 207 Å². The third kappa shape index (κ3) is 8.09. The van der Waals surface area contributed by atoms with Crippen molar-refractivity contribution < 1.29 is 33.6 Å². The van der Waals surface area contributed by atoms with Crippen LogP contribution >= 0.6 is 0 Å². The Morgan fingerprint density at radius 2 is 1.91 bits per heavy atom. The van der Waals surface area contributed by atoms with Crippen molar-refractivity contribution in [1.82, 2.24) is 0 Å². The van der Waals surface area contributed by atoms with Crippen molar-refractivity contribution in [3.8, 4) is 11.5 Å². The SMILES string of the molecule is COc1ccc(COCC[C@@H]2C[C@H]([C@@H](C)C/C=C/Cc3cccc(OC)c3C(=O)O)OCO2)cc1. The maximum atomic E-state index is 11.6. The van der Waals surface area contributed by atoms with Gasteiger partial charge in [0.25, 0.3) is 0 Å². The Bertz CT molecular complexity index is 954. The van der Waals surface area contributed by atoms with Crippen molar-refractivity contribution in [3.05, 3.63) is 71.3 Å². The summed E-state index contributed by atoms with van der Waals surface area (Å²) in [7, 11) is 3.14. The fourth-order valence-corrected chi connectivity index (χ4v) is 4.17. The third-order valence-electron chi connectivity index (χ3n) is 6.29. The van der Waals surface area contributed by atoms with E-state index in [4.69, 9.17) is 23.7 Å². The van der Waals surface area contributed by atoms with Crippen molar-refractivity contribution in [2.75, 3.05) is 27.6 Å². The lowest BCUT2D eigenvalue weighted by Gasteiger charge is -2.33. The highest BCUT2D eigenvalue weighted by Gasteiger charge is 2.27. The number of aromatic carboxylic acids is 1. The molecule has 190 valence electrons. The Kier molecular flexibility index (Phi) is 10.6. The lowest BCUT2D eigenvalue weighted by molar-refractivity contribution is -0.191. The lowest BCUT2D eigenvalue weighted by atomic mass is 9.94. The predicted octanol–water partition coefficient (Wildman–Crippen LogP) is 5.27. The van der Waals surface area contributed by atoms with Crippen LogP contribution in [0.2, 0.25) is 0 Å². The number of hydrogen-bond donors (Lipinski definition) is 1. The molecule has 3 rings (SSSR count). The number of rotatable bonds is 13. The number of allylic oxidation sites excluding steroid dienone is 2. The number of carbonyl (C=O) groups is 1. The van der Waals surface area contributed by atoms with Crippen LogP contribution in [0.4, 0.5) is 0 Å². The zero-order valence-electron chi connectivity index (χ0n) is 20.8. The first kappa shape index (κ1) is 26.7. The first-order chi connectivity index (χ1) is 17.0. The van der Waals surface area contributed by atoms with E-state index in [1.54, 1.807) is 13.2 Å². The average Bonchev–Trinajstić information content (AvgIpc) is 2.89. The van der Waals surface area contributed by atoms with Gasteiger partial charge in [-0.05, 0) is 54.5 Å². The molecule has 0 radical (unpaired) electrons. The first-order valence-electron chi connectivity index (χ1n) is 12.0. The van der Waals surface area contributed by atoms with Gasteiger partial charge in [-0.1, -0.05) is 43.3 Å². The number of methoxy groups -OCH3 is 2. The minimum Gasteiger partial charge on any atom is -0.497 e. The van der Waals surface area contributed by atoms with Crippen molar-refractivity contribution in [2.24, 2.45) is 5.92 Å². The van der Waals surface area contributed by atoms with E-state index in [0.717, 1.165) is 36.1 Å². The summed E-state index contributed by atoms with van der Waals surface area (Å²) in [5.74, 6) is 0.562. The number of benzene rings is 2. The Morgan fingerprint density at radius 1 is 1.11 bits per heavy atom. The van der Waals surface area contributed by atoms with E-state index in [1.807, 2.05) is 42.5 Å². The Morgan fingerprint density at radius 3 is 2.63 bits per heavy atom. The molecule has 1 fully saturated rings. The molecule has 0 unspecified atom stereocenters. The molecule has 1 aliphatic heterocycles. The molecule has 1 heterocycles. The molecule has 1 aliphatic rings. The Hall–Kier alpha value is -2.87. The average molecular weight is 485 g/mol. The van der Waals surface area contributed by atoms with E-state index >= 15 is 0 Å². The van der Waals surface area contributed by atoms with Gasteiger partial charge in [-0.2, -0.15) is 0 Å². The molecule has 1 saturated heterocycles. The summed E-state index contributed by atoms with van der Waals surface area (Å²) in [6.45, 7) is 3.66. The van der Waals surface area contributed by atoms with Crippen LogP contribution in [0.15, 0.2) is 54.6 Å². The minimum atomic E-state index is -0.978. The normalized spacial score (nSPS) is 18.9. The molecular formula is C28H36O7. The van der Waals surface area contributed by atoms with E-state index in [1.165, 1.54) is 7.11 Å². The van der Waals surface area contributed by atoms with Gasteiger partial charge in [0, 0.05) is 13.0 Å². The van der Waals surface area contributed by atoms with E-state index in [-0.39, 0.29) is 17.8 Å². The third-order valence-corrected chi connectivity index (χ3v) is 6.29. The maximum Gasteiger partial charge on any atom is 0.339 e. The van der Waals surface area contributed by atoms with Gasteiger partial charge in [-0.3, -0.25) is 0 Å². The molecule has 0 amide bonds. The lowest BCUT2D eigenvalue weighted by Crippen LogP contribution is -2.35. The first-order valence-corrected chi connectivity index (χ1v) is 12.0. The molecule has 7 heteroatoms. The monoisotopic (exact) mass is 484 g/mol. The molecule has 0 saturated carbocycles. The zero-order chi connectivity index (χ0) is 25.0. The van der Waals surface area contributed by atoms with Crippen LogP contribution in [0.1, 0.15) is 47.7 Å². The molecule has 7 nitrogen and oxygen atoms in total. The molecule has 2 aromatic rings. The van der Waals surface area contributed by atoms with Crippen LogP contribution in [0.25, 0.3) is 0 Å². The number of carboxylic acid groups (broad SMARTS) is 1. The predicted molar refractivity (Wildman–Crippen MR) is 133 cm³/mol. The molecule has 0 bridgehead atoms. The standard InChI is InChI=1S/C28H36O7/c1-20(7-4-5-8-22-9-6-10-25(32-3)27(22)28(29)30)26-17-24(34-19-35-26)15-16-33-18-21-11-13-23(31-2)14-12-21/h4-6,9-14,20,24,26H,7-8,15-19H2,1-3H3,(H,29,30)/b5-4+/t20-,24+,26+/m0/s1. The molecule has 0 aliphatic carbocycles. The molecule has 35 heavy (non-hydrogen) atoms. The van der Waals surface area contributed by atoms with Gasteiger partial charge in [-0.25, -0.2) is 4.79 Å². The Balaban J connectivity index is 1.40. The number of ether oxygens (including phenoxy) is 5. The summed E-state index contributed by atoms with van der Waals surface area (Å²) in [5, 5.41) is 9.53. The van der Waals surface area contributed by atoms with Crippen molar-refractivity contribution in [1.29, 1.82) is 0 Å². The fraction of sp³-hybridized carbons (Fsp3) is 0.464. The number of carboxylic acids is 1. The summed E-state index contributed by atoms with van der Waals surface area (Å²) in [6, 6.07) is 13.2. The van der Waals surface area contributed by atoms with Gasteiger partial charge in [-0.15, -0.1) is 0 Å². The molecule has 1 N–H and O–H groups in total. The highest BCUT2D eigenvalue weighted by atomic mass is 16.7. The van der Waals surface area contributed by atoms with Crippen molar-refractivity contribution in [3.63, 3.8) is 0 Å². The molecule has 3 atom stereocenters. The van der Waals surface area contributed by atoms with Crippen LogP contribution in [-0.4, -0.2) is 50.9 Å². The highest BCUT2D eigenvalue weighted by molar-refractivity contribution is 5.92. The molecule has 0 aromatic heterocycles. The topological polar surface area (TPSA) is 83.5 Å². The molecule has 2 aromatic carbocycles. The summed E-state index contributed by atoms with van der Waals surface area (Å²) >= 11 is 0. The van der Waals surface area contributed by atoms with Crippen molar-refractivity contribution >= 4 is 5.97 Å². The van der Waals surface area contributed by atoms with Gasteiger partial charge in [0.05, 0.1) is 33.0 Å². The fourth-order valence-electron chi connectivity index (χ4n) is 4.17. The number of hydrogen-bond acceptors (Lipinski definition) is 6. The summed E-state index contributed by atoms with van der Waals surface area (Å²) in [6.07, 6.45) is 7.39. The van der Waals surface area contributed by atoms with E-state index < -0.39 is 5.97 Å². The van der Waals surface area contributed by atoms with Crippen LogP contribution in [-0.2, 0) is 27.2 Å². The largest absolute Gasteiger partial charge is 0.497 e. The summed E-state index contributed by atoms with van der Waals surface area (Å²) < 4.78 is 27.8. The molecular weight excluding hydrogens is 448 g/mol. The van der Waals surface area contributed by atoms with Gasteiger partial charge < -0.3 is 28.8 Å². The molecule has 0 spiro atoms. The van der Waals surface area contributed by atoms with E-state index in [2.05, 4.69) is 13.0 Å². The van der Waals surface area contributed by atoms with Gasteiger partial charge in [0.2, 0.25) is 0 Å². The van der Waals surface area contributed by atoms with Crippen LogP contribution in [0.5, 0.6) is 11.5 Å². The minimum absolute atomic E-state index is 0.117. The quantitative estimate of drug-likeness (QED) is 0.306. The van der Waals surface area contributed by atoms with Crippen LogP contribution in [0, 0.1) is 5.92 Å². The van der Waals surface area contributed by atoms with Gasteiger partial charge >= 0.3 is 5.97 Å². The second-order valence-corrected chi connectivity index (χ2v) is 8.72.